The Morgan fingerprint density at radius 1 is 1.03 bits per heavy atom. The third kappa shape index (κ3) is 4.86. The number of amides is 1. The zero-order chi connectivity index (χ0) is 21.0. The Morgan fingerprint density at radius 3 is 2.38 bits per heavy atom. The normalized spacial score (nSPS) is 11.1. The molecule has 154 valence electrons. The highest BCUT2D eigenvalue weighted by molar-refractivity contribution is 7.22. The molecular formula is C22H28N4O2S. The number of para-hydroxylation sites is 1. The smallest absolute Gasteiger partial charge is 0.260 e. The van der Waals surface area contributed by atoms with E-state index in [0.29, 0.717) is 17.2 Å². The van der Waals surface area contributed by atoms with Crippen molar-refractivity contribution in [2.45, 2.75) is 6.42 Å². The van der Waals surface area contributed by atoms with E-state index in [4.69, 9.17) is 9.72 Å². The second-order valence-electron chi connectivity index (χ2n) is 7.36. The molecule has 7 heteroatoms. The van der Waals surface area contributed by atoms with Gasteiger partial charge in [-0.3, -0.25) is 9.69 Å². The van der Waals surface area contributed by atoms with Crippen molar-refractivity contribution < 1.29 is 9.53 Å². The molecule has 6 nitrogen and oxygen atoms in total. The van der Waals surface area contributed by atoms with Crippen LogP contribution < -0.4 is 14.5 Å². The minimum atomic E-state index is -0.0351. The topological polar surface area (TPSA) is 48.9 Å². The monoisotopic (exact) mass is 412 g/mol. The number of methoxy groups -OCH3 is 1. The van der Waals surface area contributed by atoms with Gasteiger partial charge >= 0.3 is 0 Å². The minimum absolute atomic E-state index is 0.0351. The van der Waals surface area contributed by atoms with Gasteiger partial charge in [-0.2, -0.15) is 0 Å². The van der Waals surface area contributed by atoms with Crippen LogP contribution in [0.25, 0.3) is 10.2 Å². The zero-order valence-electron chi connectivity index (χ0n) is 17.7. The van der Waals surface area contributed by atoms with Crippen LogP contribution in [0.4, 0.5) is 10.8 Å². The summed E-state index contributed by atoms with van der Waals surface area (Å²) in [5.74, 6) is 0.688. The van der Waals surface area contributed by atoms with Crippen LogP contribution in [0.15, 0.2) is 42.5 Å². The summed E-state index contributed by atoms with van der Waals surface area (Å²) in [5, 5.41) is 0.699. The molecule has 0 spiro atoms. The summed E-state index contributed by atoms with van der Waals surface area (Å²) in [7, 11) is 9.68. The van der Waals surface area contributed by atoms with Crippen LogP contribution in [0.1, 0.15) is 16.8 Å². The Balaban J connectivity index is 1.94. The van der Waals surface area contributed by atoms with Gasteiger partial charge < -0.3 is 14.5 Å². The first kappa shape index (κ1) is 21.1. The number of hydrogen-bond donors (Lipinski definition) is 0. The van der Waals surface area contributed by atoms with Gasteiger partial charge in [0.25, 0.3) is 5.91 Å². The maximum absolute atomic E-state index is 13.4. The Hall–Kier alpha value is -2.64. The van der Waals surface area contributed by atoms with Crippen LogP contribution in [-0.4, -0.2) is 64.2 Å². The molecule has 29 heavy (non-hydrogen) atoms. The summed E-state index contributed by atoms with van der Waals surface area (Å²) in [6, 6.07) is 13.5. The Morgan fingerprint density at radius 2 is 1.76 bits per heavy atom. The first-order chi connectivity index (χ1) is 13.9. The molecule has 0 aliphatic rings. The van der Waals surface area contributed by atoms with Crippen LogP contribution in [-0.2, 0) is 0 Å². The van der Waals surface area contributed by atoms with Gasteiger partial charge in [-0.15, -0.1) is 0 Å². The number of anilines is 2. The van der Waals surface area contributed by atoms with Gasteiger partial charge in [0.15, 0.2) is 5.13 Å². The summed E-state index contributed by atoms with van der Waals surface area (Å²) in [6.45, 7) is 1.51. The van der Waals surface area contributed by atoms with Crippen molar-refractivity contribution in [3.05, 3.63) is 48.0 Å². The average Bonchev–Trinajstić information content (AvgIpc) is 3.14. The molecule has 0 aliphatic carbocycles. The highest BCUT2D eigenvalue weighted by Crippen LogP contribution is 2.34. The van der Waals surface area contributed by atoms with Crippen LogP contribution in [0, 0.1) is 0 Å². The third-order valence-corrected chi connectivity index (χ3v) is 5.73. The zero-order valence-corrected chi connectivity index (χ0v) is 18.5. The van der Waals surface area contributed by atoms with E-state index in [2.05, 4.69) is 4.90 Å². The summed E-state index contributed by atoms with van der Waals surface area (Å²) in [5.41, 5.74) is 2.51. The quantitative estimate of drug-likeness (QED) is 0.560. The Labute approximate surface area is 176 Å². The van der Waals surface area contributed by atoms with E-state index in [1.54, 1.807) is 12.0 Å². The fourth-order valence-corrected chi connectivity index (χ4v) is 4.09. The van der Waals surface area contributed by atoms with Crippen molar-refractivity contribution >= 4 is 38.3 Å². The van der Waals surface area contributed by atoms with Crippen molar-refractivity contribution in [3.63, 3.8) is 0 Å². The number of rotatable bonds is 8. The van der Waals surface area contributed by atoms with Crippen molar-refractivity contribution in [1.82, 2.24) is 9.88 Å². The van der Waals surface area contributed by atoms with E-state index < -0.39 is 0 Å². The molecule has 0 radical (unpaired) electrons. The van der Waals surface area contributed by atoms with Gasteiger partial charge in [-0.1, -0.05) is 17.4 Å². The van der Waals surface area contributed by atoms with E-state index in [0.717, 1.165) is 34.6 Å². The molecule has 1 aromatic heterocycles. The first-order valence-electron chi connectivity index (χ1n) is 9.58. The lowest BCUT2D eigenvalue weighted by molar-refractivity contribution is 0.0986. The Bertz CT molecular complexity index is 967. The second kappa shape index (κ2) is 9.24. The fourth-order valence-electron chi connectivity index (χ4n) is 3.08. The second-order valence-corrected chi connectivity index (χ2v) is 8.37. The van der Waals surface area contributed by atoms with Crippen LogP contribution in [0.2, 0.25) is 0 Å². The van der Waals surface area contributed by atoms with Gasteiger partial charge in [-0.25, -0.2) is 4.98 Å². The molecule has 0 aliphatic heterocycles. The minimum Gasteiger partial charge on any atom is -0.494 e. The molecule has 2 aromatic carbocycles. The molecular weight excluding hydrogens is 384 g/mol. The number of carbonyl (C=O) groups excluding carboxylic acids is 1. The van der Waals surface area contributed by atoms with Crippen LogP contribution >= 0.6 is 11.3 Å². The van der Waals surface area contributed by atoms with Gasteiger partial charge in [0.2, 0.25) is 0 Å². The third-order valence-electron chi connectivity index (χ3n) is 4.68. The SMILES string of the molecule is COc1cccc2sc(N(CCCN(C)C)C(=O)c3ccc(N(C)C)cc3)nc12. The molecule has 0 saturated heterocycles. The fraction of sp³-hybridized carbons (Fsp3) is 0.364. The largest absolute Gasteiger partial charge is 0.494 e. The summed E-state index contributed by atoms with van der Waals surface area (Å²) < 4.78 is 6.45. The molecule has 3 rings (SSSR count). The maximum atomic E-state index is 13.4. The van der Waals surface area contributed by atoms with Gasteiger partial charge in [0.1, 0.15) is 11.3 Å². The number of ether oxygens (including phenoxy) is 1. The summed E-state index contributed by atoms with van der Waals surface area (Å²) >= 11 is 1.52. The summed E-state index contributed by atoms with van der Waals surface area (Å²) in [6.07, 6.45) is 0.863. The van der Waals surface area contributed by atoms with E-state index in [1.807, 2.05) is 75.6 Å². The van der Waals surface area contributed by atoms with Crippen molar-refractivity contribution in [2.75, 3.05) is 58.2 Å². The molecule has 0 unspecified atom stereocenters. The molecule has 3 aromatic rings. The van der Waals surface area contributed by atoms with E-state index in [9.17, 15) is 4.79 Å². The highest BCUT2D eigenvalue weighted by atomic mass is 32.1. The molecule has 1 amide bonds. The number of carbonyl (C=O) groups is 1. The molecule has 1 heterocycles. The molecule has 0 bridgehead atoms. The molecule has 0 atom stereocenters. The number of aromatic nitrogens is 1. The van der Waals surface area contributed by atoms with Crippen molar-refractivity contribution in [3.8, 4) is 5.75 Å². The first-order valence-corrected chi connectivity index (χ1v) is 10.4. The van der Waals surface area contributed by atoms with Crippen molar-refractivity contribution in [1.29, 1.82) is 0 Å². The highest BCUT2D eigenvalue weighted by Gasteiger charge is 2.22. The number of fused-ring (bicyclic) bond motifs is 1. The molecule has 0 N–H and O–H groups in total. The van der Waals surface area contributed by atoms with Crippen molar-refractivity contribution in [2.24, 2.45) is 0 Å². The lowest BCUT2D eigenvalue weighted by Gasteiger charge is -2.21. The van der Waals surface area contributed by atoms with Crippen LogP contribution in [0.3, 0.4) is 0 Å². The maximum Gasteiger partial charge on any atom is 0.260 e. The predicted molar refractivity (Wildman–Crippen MR) is 122 cm³/mol. The van der Waals surface area contributed by atoms with Gasteiger partial charge in [-0.05, 0) is 63.5 Å². The molecule has 0 saturated carbocycles. The lowest BCUT2D eigenvalue weighted by atomic mass is 10.1. The van der Waals surface area contributed by atoms with E-state index >= 15 is 0 Å². The Kier molecular flexibility index (Phi) is 6.71. The number of nitrogens with zero attached hydrogens (tertiary/aromatic N) is 4. The van der Waals surface area contributed by atoms with Crippen LogP contribution in [0.5, 0.6) is 5.75 Å². The number of benzene rings is 2. The predicted octanol–water partition coefficient (Wildman–Crippen LogP) is 3.97. The van der Waals surface area contributed by atoms with Gasteiger partial charge in [0, 0.05) is 31.9 Å². The molecule has 0 fully saturated rings. The standard InChI is InChI=1S/C22H28N4O2S/c1-24(2)14-7-15-26(21(27)16-10-12-17(13-11-16)25(3)4)22-23-20-18(28-5)8-6-9-19(20)29-22/h6,8-13H,7,14-15H2,1-5H3. The lowest BCUT2D eigenvalue weighted by Crippen LogP contribution is -2.33. The number of hydrogen-bond acceptors (Lipinski definition) is 6. The number of thiazole rings is 1. The van der Waals surface area contributed by atoms with E-state index in [1.165, 1.54) is 11.3 Å². The average molecular weight is 413 g/mol. The summed E-state index contributed by atoms with van der Waals surface area (Å²) in [4.78, 5) is 24.0. The van der Waals surface area contributed by atoms with Gasteiger partial charge in [0.05, 0.1) is 11.8 Å². The van der Waals surface area contributed by atoms with E-state index in [-0.39, 0.29) is 5.91 Å².